The van der Waals surface area contributed by atoms with Crippen LogP contribution in [0.1, 0.15) is 17.9 Å². The third-order valence-corrected chi connectivity index (χ3v) is 3.52. The van der Waals surface area contributed by atoms with Crippen LogP contribution in [0.5, 0.6) is 0 Å². The van der Waals surface area contributed by atoms with Crippen molar-refractivity contribution in [3.63, 3.8) is 0 Å². The Labute approximate surface area is 118 Å². The van der Waals surface area contributed by atoms with Gasteiger partial charge in [0, 0.05) is 37.4 Å². The van der Waals surface area contributed by atoms with Gasteiger partial charge in [-0.2, -0.15) is 0 Å². The van der Waals surface area contributed by atoms with Crippen molar-refractivity contribution in [2.24, 2.45) is 0 Å². The highest BCUT2D eigenvalue weighted by atomic mass is 16.5. The topological polar surface area (TPSA) is 66.9 Å². The molecule has 0 amide bonds. The van der Waals surface area contributed by atoms with Crippen LogP contribution in [0.15, 0.2) is 31.0 Å². The van der Waals surface area contributed by atoms with E-state index in [0.717, 1.165) is 50.6 Å². The highest BCUT2D eigenvalue weighted by Gasteiger charge is 2.20. The minimum absolute atomic E-state index is 0.272. The van der Waals surface area contributed by atoms with Gasteiger partial charge in [0.2, 0.25) is 0 Å². The lowest BCUT2D eigenvalue weighted by Gasteiger charge is -2.32. The Morgan fingerprint density at radius 3 is 3.15 bits per heavy atom. The van der Waals surface area contributed by atoms with Crippen LogP contribution in [-0.4, -0.2) is 50.6 Å². The number of morpholine rings is 1. The first kappa shape index (κ1) is 13.2. The Kier molecular flexibility index (Phi) is 4.35. The standard InChI is InChI=1S/C14H19N5O/c1(12-3-4-15-11-18-12)2-13-9-19(7-8-20-13)10-14-16-5-6-17-14/h3-6,11,13H,1-2,7-10H2,(H,16,17). The summed E-state index contributed by atoms with van der Waals surface area (Å²) in [7, 11) is 0. The highest BCUT2D eigenvalue weighted by Crippen LogP contribution is 2.13. The van der Waals surface area contributed by atoms with Gasteiger partial charge >= 0.3 is 0 Å². The van der Waals surface area contributed by atoms with Crippen LogP contribution in [0.3, 0.4) is 0 Å². The molecule has 1 unspecified atom stereocenters. The lowest BCUT2D eigenvalue weighted by atomic mass is 10.1. The molecule has 1 N–H and O–H groups in total. The van der Waals surface area contributed by atoms with Crippen molar-refractivity contribution in [3.05, 3.63) is 42.5 Å². The van der Waals surface area contributed by atoms with Crippen molar-refractivity contribution in [3.8, 4) is 0 Å². The Morgan fingerprint density at radius 2 is 2.35 bits per heavy atom. The molecule has 3 heterocycles. The summed E-state index contributed by atoms with van der Waals surface area (Å²) in [5.74, 6) is 1.02. The molecule has 0 saturated carbocycles. The SMILES string of the molecule is c1cc(CCC2CN(Cc3ncc[nH]3)CCO2)ncn1. The van der Waals surface area contributed by atoms with Crippen molar-refractivity contribution in [2.75, 3.05) is 19.7 Å². The van der Waals surface area contributed by atoms with Crippen LogP contribution in [0, 0.1) is 0 Å². The molecule has 2 aromatic heterocycles. The number of rotatable bonds is 5. The van der Waals surface area contributed by atoms with E-state index < -0.39 is 0 Å². The molecule has 1 aliphatic heterocycles. The number of aromatic amines is 1. The van der Waals surface area contributed by atoms with Crippen molar-refractivity contribution in [2.45, 2.75) is 25.5 Å². The average Bonchev–Trinajstić information content (AvgIpc) is 3.00. The molecule has 6 nitrogen and oxygen atoms in total. The zero-order valence-corrected chi connectivity index (χ0v) is 11.4. The monoisotopic (exact) mass is 273 g/mol. The Bertz CT molecular complexity index is 502. The van der Waals surface area contributed by atoms with Crippen LogP contribution in [-0.2, 0) is 17.7 Å². The van der Waals surface area contributed by atoms with Crippen molar-refractivity contribution < 1.29 is 4.74 Å². The summed E-state index contributed by atoms with van der Waals surface area (Å²) in [6, 6.07) is 1.96. The largest absolute Gasteiger partial charge is 0.376 e. The lowest BCUT2D eigenvalue weighted by molar-refractivity contribution is -0.0353. The molecular weight excluding hydrogens is 254 g/mol. The van der Waals surface area contributed by atoms with Gasteiger partial charge in [0.15, 0.2) is 0 Å². The third kappa shape index (κ3) is 3.61. The molecule has 0 aliphatic carbocycles. The maximum Gasteiger partial charge on any atom is 0.120 e. The number of nitrogens with zero attached hydrogens (tertiary/aromatic N) is 4. The van der Waals surface area contributed by atoms with Crippen LogP contribution < -0.4 is 0 Å². The molecule has 2 aromatic rings. The van der Waals surface area contributed by atoms with Crippen LogP contribution in [0.2, 0.25) is 0 Å². The number of ether oxygens (including phenoxy) is 1. The minimum Gasteiger partial charge on any atom is -0.376 e. The van der Waals surface area contributed by atoms with E-state index >= 15 is 0 Å². The number of nitrogens with one attached hydrogen (secondary N) is 1. The Balaban J connectivity index is 1.48. The van der Waals surface area contributed by atoms with Crippen molar-refractivity contribution in [1.29, 1.82) is 0 Å². The zero-order valence-electron chi connectivity index (χ0n) is 11.4. The molecule has 1 aliphatic rings. The maximum absolute atomic E-state index is 5.83. The number of hydrogen-bond acceptors (Lipinski definition) is 5. The zero-order chi connectivity index (χ0) is 13.6. The van der Waals surface area contributed by atoms with Gasteiger partial charge in [0.05, 0.1) is 19.3 Å². The number of H-pyrrole nitrogens is 1. The fourth-order valence-electron chi connectivity index (χ4n) is 2.47. The summed E-state index contributed by atoms with van der Waals surface area (Å²) in [6.07, 6.45) is 9.24. The fourth-order valence-corrected chi connectivity index (χ4v) is 2.47. The molecule has 1 atom stereocenters. The lowest BCUT2D eigenvalue weighted by Crippen LogP contribution is -2.42. The average molecular weight is 273 g/mol. The first-order valence-corrected chi connectivity index (χ1v) is 6.97. The number of aryl methyl sites for hydroxylation is 1. The molecule has 1 fully saturated rings. The van der Waals surface area contributed by atoms with Crippen LogP contribution in [0.4, 0.5) is 0 Å². The van der Waals surface area contributed by atoms with E-state index in [1.165, 1.54) is 0 Å². The van der Waals surface area contributed by atoms with Gasteiger partial charge in [-0.25, -0.2) is 15.0 Å². The summed E-state index contributed by atoms with van der Waals surface area (Å²) in [4.78, 5) is 18.0. The van der Waals surface area contributed by atoms with E-state index in [4.69, 9.17) is 4.74 Å². The quantitative estimate of drug-likeness (QED) is 0.881. The van der Waals surface area contributed by atoms with Gasteiger partial charge < -0.3 is 9.72 Å². The molecule has 3 rings (SSSR count). The fraction of sp³-hybridized carbons (Fsp3) is 0.500. The molecule has 106 valence electrons. The third-order valence-electron chi connectivity index (χ3n) is 3.52. The summed E-state index contributed by atoms with van der Waals surface area (Å²) >= 11 is 0. The van der Waals surface area contributed by atoms with E-state index in [1.807, 2.05) is 12.3 Å². The summed E-state index contributed by atoms with van der Waals surface area (Å²) in [5.41, 5.74) is 1.08. The second-order valence-electron chi connectivity index (χ2n) is 5.00. The van der Waals surface area contributed by atoms with Gasteiger partial charge in [-0.05, 0) is 18.9 Å². The predicted octanol–water partition coefficient (Wildman–Crippen LogP) is 1.03. The molecule has 1 saturated heterocycles. The van der Waals surface area contributed by atoms with E-state index in [1.54, 1.807) is 18.7 Å². The normalized spacial score (nSPS) is 20.1. The van der Waals surface area contributed by atoms with Gasteiger partial charge in [0.1, 0.15) is 12.2 Å². The summed E-state index contributed by atoms with van der Waals surface area (Å²) < 4.78 is 5.83. The molecule has 0 bridgehead atoms. The second-order valence-corrected chi connectivity index (χ2v) is 5.00. The van der Waals surface area contributed by atoms with E-state index in [-0.39, 0.29) is 6.10 Å². The molecule has 0 aromatic carbocycles. The van der Waals surface area contributed by atoms with Gasteiger partial charge in [0.25, 0.3) is 0 Å². The molecule has 0 radical (unpaired) electrons. The first-order valence-electron chi connectivity index (χ1n) is 6.97. The molecule has 20 heavy (non-hydrogen) atoms. The number of hydrogen-bond donors (Lipinski definition) is 1. The molecule has 6 heteroatoms. The molecule has 0 spiro atoms. The maximum atomic E-state index is 5.83. The van der Waals surface area contributed by atoms with Crippen molar-refractivity contribution in [1.82, 2.24) is 24.8 Å². The summed E-state index contributed by atoms with van der Waals surface area (Å²) in [6.45, 7) is 3.56. The van der Waals surface area contributed by atoms with E-state index in [0.29, 0.717) is 0 Å². The number of imidazole rings is 1. The Hall–Kier alpha value is -1.79. The van der Waals surface area contributed by atoms with Crippen molar-refractivity contribution >= 4 is 0 Å². The van der Waals surface area contributed by atoms with E-state index in [2.05, 4.69) is 24.8 Å². The Morgan fingerprint density at radius 1 is 1.35 bits per heavy atom. The van der Waals surface area contributed by atoms with Crippen LogP contribution in [0.25, 0.3) is 0 Å². The second kappa shape index (κ2) is 6.58. The predicted molar refractivity (Wildman–Crippen MR) is 74.0 cm³/mol. The minimum atomic E-state index is 0.272. The van der Waals surface area contributed by atoms with Gasteiger partial charge in [-0.15, -0.1) is 0 Å². The molecular formula is C14H19N5O. The van der Waals surface area contributed by atoms with Crippen LogP contribution >= 0.6 is 0 Å². The smallest absolute Gasteiger partial charge is 0.120 e. The summed E-state index contributed by atoms with van der Waals surface area (Å²) in [5, 5.41) is 0. The number of aromatic nitrogens is 4. The van der Waals surface area contributed by atoms with E-state index in [9.17, 15) is 0 Å². The van der Waals surface area contributed by atoms with Gasteiger partial charge in [-0.3, -0.25) is 4.90 Å². The van der Waals surface area contributed by atoms with Gasteiger partial charge in [-0.1, -0.05) is 0 Å². The highest BCUT2D eigenvalue weighted by molar-refractivity contribution is 4.98. The first-order chi connectivity index (χ1) is 9.90.